The van der Waals surface area contributed by atoms with Crippen LogP contribution >= 0.6 is 0 Å². The van der Waals surface area contributed by atoms with E-state index >= 15 is 0 Å². The van der Waals surface area contributed by atoms with Crippen molar-refractivity contribution in [3.8, 4) is 0 Å². The van der Waals surface area contributed by atoms with Gasteiger partial charge in [0, 0.05) is 13.1 Å². The fourth-order valence-corrected chi connectivity index (χ4v) is 2.49. The van der Waals surface area contributed by atoms with Gasteiger partial charge in [-0.15, -0.1) is 0 Å². The maximum atomic E-state index is 12.2. The second-order valence-electron chi connectivity index (χ2n) is 7.48. The number of hydrogen-bond acceptors (Lipinski definition) is 6. The number of nitrogens with zero attached hydrogens (tertiary/aromatic N) is 1. The van der Waals surface area contributed by atoms with Gasteiger partial charge in [0.25, 0.3) is 0 Å². The molecule has 1 aliphatic heterocycles. The minimum Gasteiger partial charge on any atom is -0.458 e. The van der Waals surface area contributed by atoms with E-state index in [0.717, 1.165) is 0 Å². The largest absolute Gasteiger partial charge is 0.458 e. The van der Waals surface area contributed by atoms with Crippen molar-refractivity contribution in [3.63, 3.8) is 0 Å². The monoisotopic (exact) mass is 330 g/mol. The Kier molecular flexibility index (Phi) is 6.98. The van der Waals surface area contributed by atoms with Gasteiger partial charge in [0.1, 0.15) is 18.3 Å². The first-order chi connectivity index (χ1) is 10.5. The Hall–Kier alpha value is -1.18. The van der Waals surface area contributed by atoms with Crippen molar-refractivity contribution in [2.24, 2.45) is 11.7 Å². The number of ether oxygens (including phenoxy) is 2. The number of esters is 1. The maximum absolute atomic E-state index is 12.2. The van der Waals surface area contributed by atoms with Crippen LogP contribution in [0.4, 0.5) is 0 Å². The Bertz CT molecular complexity index is 419. The highest BCUT2D eigenvalue weighted by molar-refractivity contribution is 5.82. The summed E-state index contributed by atoms with van der Waals surface area (Å²) < 4.78 is 10.5. The fourth-order valence-electron chi connectivity index (χ4n) is 2.49. The molecule has 1 heterocycles. The zero-order valence-electron chi connectivity index (χ0n) is 14.7. The van der Waals surface area contributed by atoms with Crippen molar-refractivity contribution < 1.29 is 24.2 Å². The molecular formula is C16H30N2O5. The summed E-state index contributed by atoms with van der Waals surface area (Å²) in [7, 11) is 0. The first-order valence-electron chi connectivity index (χ1n) is 8.05. The van der Waals surface area contributed by atoms with E-state index in [9.17, 15) is 14.7 Å². The van der Waals surface area contributed by atoms with Crippen LogP contribution in [0.25, 0.3) is 0 Å². The van der Waals surface area contributed by atoms with Crippen molar-refractivity contribution in [1.82, 2.24) is 4.90 Å². The fraction of sp³-hybridized carbons (Fsp3) is 0.875. The van der Waals surface area contributed by atoms with E-state index in [1.807, 2.05) is 13.8 Å². The van der Waals surface area contributed by atoms with Crippen LogP contribution in [0.15, 0.2) is 0 Å². The van der Waals surface area contributed by atoms with E-state index < -0.39 is 29.8 Å². The molecule has 3 atom stereocenters. The number of rotatable bonds is 6. The number of aliphatic hydroxyl groups excluding tert-OH is 1. The summed E-state index contributed by atoms with van der Waals surface area (Å²) in [6, 6.07) is -0.577. The van der Waals surface area contributed by atoms with Crippen molar-refractivity contribution in [2.45, 2.75) is 64.9 Å². The third-order valence-electron chi connectivity index (χ3n) is 3.43. The molecule has 0 aromatic heterocycles. The lowest BCUT2D eigenvalue weighted by Gasteiger charge is -2.22. The smallest absolute Gasteiger partial charge is 0.332 e. The first-order valence-corrected chi connectivity index (χ1v) is 8.05. The van der Waals surface area contributed by atoms with Crippen LogP contribution in [0, 0.1) is 5.92 Å². The zero-order chi connectivity index (χ0) is 17.8. The molecule has 0 spiro atoms. The number of β-amino-alcohol motifs (C(OH)–C–C–N with tert-alkyl or cyclic N) is 1. The summed E-state index contributed by atoms with van der Waals surface area (Å²) >= 11 is 0. The molecule has 0 aromatic carbocycles. The molecule has 1 rings (SSSR count). The summed E-state index contributed by atoms with van der Waals surface area (Å²) in [5.74, 6) is -0.368. The van der Waals surface area contributed by atoms with Gasteiger partial charge >= 0.3 is 5.97 Å². The van der Waals surface area contributed by atoms with Gasteiger partial charge in [-0.2, -0.15) is 0 Å². The Balaban J connectivity index is 2.46. The maximum Gasteiger partial charge on any atom is 0.332 e. The molecule has 0 aliphatic carbocycles. The molecule has 3 N–H and O–H groups in total. The molecule has 0 bridgehead atoms. The van der Waals surface area contributed by atoms with E-state index in [0.29, 0.717) is 12.3 Å². The predicted octanol–water partition coefficient (Wildman–Crippen LogP) is 0.290. The predicted molar refractivity (Wildman–Crippen MR) is 85.6 cm³/mol. The number of likely N-dealkylation sites (tertiary alicyclic amines) is 1. The van der Waals surface area contributed by atoms with Gasteiger partial charge in [-0.25, -0.2) is 4.79 Å². The van der Waals surface area contributed by atoms with Gasteiger partial charge in [0.2, 0.25) is 5.91 Å². The number of aliphatic hydroxyl groups is 1. The molecule has 1 fully saturated rings. The van der Waals surface area contributed by atoms with E-state index in [1.165, 1.54) is 4.90 Å². The third kappa shape index (κ3) is 6.85. The number of carbonyl (C=O) groups is 2. The SMILES string of the molecule is CC(C)C[C@@H](N)C(=O)N1CC(O)C(OCC(=O)OC(C)(C)C)C1. The van der Waals surface area contributed by atoms with Crippen molar-refractivity contribution in [2.75, 3.05) is 19.7 Å². The minimum atomic E-state index is -0.826. The number of carbonyl (C=O) groups excluding carboxylic acids is 2. The van der Waals surface area contributed by atoms with E-state index in [4.69, 9.17) is 15.2 Å². The minimum absolute atomic E-state index is 0.170. The average molecular weight is 330 g/mol. The molecule has 0 saturated carbocycles. The standard InChI is InChI=1S/C16H30N2O5/c1-10(2)6-11(17)15(21)18-7-12(19)13(8-18)22-9-14(20)23-16(3,4)5/h10-13,19H,6-9,17H2,1-5H3/t11-,12?,13?/m1/s1. The molecule has 1 aliphatic rings. The van der Waals surface area contributed by atoms with E-state index in [1.54, 1.807) is 20.8 Å². The van der Waals surface area contributed by atoms with Crippen LogP contribution in [0.5, 0.6) is 0 Å². The highest BCUT2D eigenvalue weighted by atomic mass is 16.6. The Labute approximate surface area is 138 Å². The Morgan fingerprint density at radius 1 is 1.30 bits per heavy atom. The average Bonchev–Trinajstić information content (AvgIpc) is 2.74. The normalized spacial score (nSPS) is 23.2. The zero-order valence-corrected chi connectivity index (χ0v) is 14.7. The second-order valence-corrected chi connectivity index (χ2v) is 7.48. The van der Waals surface area contributed by atoms with Crippen LogP contribution in [-0.4, -0.2) is 65.4 Å². The quantitative estimate of drug-likeness (QED) is 0.679. The van der Waals surface area contributed by atoms with E-state index in [-0.39, 0.29) is 25.6 Å². The summed E-state index contributed by atoms with van der Waals surface area (Å²) in [5, 5.41) is 10.0. The molecule has 2 unspecified atom stereocenters. The lowest BCUT2D eigenvalue weighted by Crippen LogP contribution is -2.44. The highest BCUT2D eigenvalue weighted by Gasteiger charge is 2.37. The first kappa shape index (κ1) is 19.9. The lowest BCUT2D eigenvalue weighted by atomic mass is 10.0. The topological polar surface area (TPSA) is 102 Å². The third-order valence-corrected chi connectivity index (χ3v) is 3.43. The Morgan fingerprint density at radius 3 is 2.43 bits per heavy atom. The molecule has 7 heteroatoms. The van der Waals surface area contributed by atoms with Crippen molar-refractivity contribution >= 4 is 11.9 Å². The number of hydrogen-bond donors (Lipinski definition) is 2. The number of nitrogens with two attached hydrogens (primary N) is 1. The molecule has 1 amide bonds. The van der Waals surface area contributed by atoms with Gasteiger partial charge in [0.15, 0.2) is 0 Å². The van der Waals surface area contributed by atoms with Crippen LogP contribution < -0.4 is 5.73 Å². The van der Waals surface area contributed by atoms with Gasteiger partial charge in [-0.05, 0) is 33.1 Å². The van der Waals surface area contributed by atoms with E-state index in [2.05, 4.69) is 0 Å². The van der Waals surface area contributed by atoms with Gasteiger partial charge in [-0.1, -0.05) is 13.8 Å². The van der Waals surface area contributed by atoms with Crippen LogP contribution in [-0.2, 0) is 19.1 Å². The molecule has 134 valence electrons. The molecule has 0 aromatic rings. The second kappa shape index (κ2) is 8.08. The number of amides is 1. The molecule has 23 heavy (non-hydrogen) atoms. The molecule has 0 radical (unpaired) electrons. The summed E-state index contributed by atoms with van der Waals surface area (Å²) in [5.41, 5.74) is 5.31. The van der Waals surface area contributed by atoms with Gasteiger partial charge in [0.05, 0.1) is 12.1 Å². The highest BCUT2D eigenvalue weighted by Crippen LogP contribution is 2.17. The molecule has 1 saturated heterocycles. The lowest BCUT2D eigenvalue weighted by molar-refractivity contribution is -0.163. The van der Waals surface area contributed by atoms with Crippen LogP contribution in [0.3, 0.4) is 0 Å². The summed E-state index contributed by atoms with van der Waals surface area (Å²) in [6.45, 7) is 9.46. The molecular weight excluding hydrogens is 300 g/mol. The van der Waals surface area contributed by atoms with Crippen LogP contribution in [0.1, 0.15) is 41.0 Å². The van der Waals surface area contributed by atoms with Crippen molar-refractivity contribution in [3.05, 3.63) is 0 Å². The Morgan fingerprint density at radius 2 is 1.91 bits per heavy atom. The van der Waals surface area contributed by atoms with Gasteiger partial charge in [-0.3, -0.25) is 4.79 Å². The van der Waals surface area contributed by atoms with Gasteiger partial charge < -0.3 is 25.2 Å². The summed E-state index contributed by atoms with van der Waals surface area (Å²) in [4.78, 5) is 25.4. The van der Waals surface area contributed by atoms with Crippen LogP contribution in [0.2, 0.25) is 0 Å². The van der Waals surface area contributed by atoms with Crippen molar-refractivity contribution in [1.29, 1.82) is 0 Å². The summed E-state index contributed by atoms with van der Waals surface area (Å²) in [6.07, 6.45) is -0.833. The molecule has 7 nitrogen and oxygen atoms in total.